The van der Waals surface area contributed by atoms with Gasteiger partial charge in [0.1, 0.15) is 5.54 Å². The topological polar surface area (TPSA) is 55.8 Å². The summed E-state index contributed by atoms with van der Waals surface area (Å²) in [4.78, 5) is 28.7. The molecular formula is C29H27NO4. The summed E-state index contributed by atoms with van der Waals surface area (Å²) >= 11 is 0. The Kier molecular flexibility index (Phi) is 5.28. The van der Waals surface area contributed by atoms with Crippen molar-refractivity contribution in [3.63, 3.8) is 0 Å². The fourth-order valence-corrected chi connectivity index (χ4v) is 5.80. The highest BCUT2D eigenvalue weighted by atomic mass is 16.5. The fourth-order valence-electron chi connectivity index (χ4n) is 5.80. The van der Waals surface area contributed by atoms with Crippen molar-refractivity contribution in [2.45, 2.75) is 25.4 Å². The van der Waals surface area contributed by atoms with E-state index in [9.17, 15) is 9.59 Å². The van der Waals surface area contributed by atoms with E-state index in [1.165, 1.54) is 14.2 Å². The molecule has 0 saturated carbocycles. The number of methoxy groups -OCH3 is 2. The number of hydrogen-bond donors (Lipinski definition) is 0. The number of benzene rings is 3. The third kappa shape index (κ3) is 2.86. The van der Waals surface area contributed by atoms with E-state index in [-0.39, 0.29) is 5.92 Å². The lowest BCUT2D eigenvalue weighted by Gasteiger charge is -2.42. The number of nitrogens with zero attached hydrogens (tertiary/aromatic N) is 1. The van der Waals surface area contributed by atoms with Gasteiger partial charge in [-0.3, -0.25) is 0 Å². The van der Waals surface area contributed by atoms with Crippen LogP contribution in [0.1, 0.15) is 31.0 Å². The molecule has 5 heteroatoms. The van der Waals surface area contributed by atoms with Gasteiger partial charge in [0, 0.05) is 5.69 Å². The molecule has 2 heterocycles. The summed E-state index contributed by atoms with van der Waals surface area (Å²) in [5, 5.41) is 0. The van der Waals surface area contributed by atoms with Crippen LogP contribution in [0.2, 0.25) is 0 Å². The second-order valence-corrected chi connectivity index (χ2v) is 8.97. The minimum atomic E-state index is -0.886. The van der Waals surface area contributed by atoms with Crippen LogP contribution in [0.15, 0.2) is 90.0 Å². The zero-order valence-electron chi connectivity index (χ0n) is 19.7. The van der Waals surface area contributed by atoms with Crippen molar-refractivity contribution in [1.82, 2.24) is 0 Å². The lowest BCUT2D eigenvalue weighted by molar-refractivity contribution is -0.139. The third-order valence-corrected chi connectivity index (χ3v) is 7.09. The lowest BCUT2D eigenvalue weighted by Crippen LogP contribution is -2.46. The van der Waals surface area contributed by atoms with Crippen LogP contribution in [-0.4, -0.2) is 26.2 Å². The van der Waals surface area contributed by atoms with Crippen LogP contribution in [0.3, 0.4) is 0 Å². The van der Waals surface area contributed by atoms with Gasteiger partial charge in [-0.25, -0.2) is 9.59 Å². The third-order valence-electron chi connectivity index (χ3n) is 7.09. The molecule has 172 valence electrons. The molecule has 0 aliphatic carbocycles. The van der Waals surface area contributed by atoms with E-state index in [1.54, 1.807) is 0 Å². The van der Waals surface area contributed by atoms with Crippen molar-refractivity contribution in [3.05, 3.63) is 101 Å². The van der Waals surface area contributed by atoms with Crippen LogP contribution in [0, 0.1) is 5.92 Å². The summed E-state index contributed by atoms with van der Waals surface area (Å²) in [6.07, 6.45) is 0. The quantitative estimate of drug-likeness (QED) is 0.483. The maximum atomic E-state index is 13.4. The van der Waals surface area contributed by atoms with E-state index in [0.29, 0.717) is 11.1 Å². The molecule has 2 bridgehead atoms. The smallest absolute Gasteiger partial charge is 0.337 e. The number of fused-ring (bicyclic) bond motifs is 5. The highest BCUT2D eigenvalue weighted by Gasteiger charge is 2.65. The van der Waals surface area contributed by atoms with Gasteiger partial charge in [-0.05, 0) is 46.4 Å². The highest BCUT2D eigenvalue weighted by Crippen LogP contribution is 2.64. The van der Waals surface area contributed by atoms with Crippen LogP contribution in [0.5, 0.6) is 0 Å². The molecule has 2 atom stereocenters. The van der Waals surface area contributed by atoms with Crippen molar-refractivity contribution >= 4 is 17.6 Å². The summed E-state index contributed by atoms with van der Waals surface area (Å²) < 4.78 is 10.5. The molecule has 3 aromatic carbocycles. The number of carbonyl (C=O) groups excluding carboxylic acids is 2. The Bertz CT molecular complexity index is 1300. The molecule has 2 aliphatic rings. The first-order valence-electron chi connectivity index (χ1n) is 11.4. The van der Waals surface area contributed by atoms with Crippen LogP contribution < -0.4 is 4.90 Å². The SMILES string of the molecule is COC(=O)C1=C(C(=O)OC)C2(C(C)C)c3cc(-c4ccccc4)ccc3C1N2c1ccccc1. The number of hydrogen-bond acceptors (Lipinski definition) is 5. The van der Waals surface area contributed by atoms with E-state index < -0.39 is 23.5 Å². The molecular weight excluding hydrogens is 426 g/mol. The first kappa shape index (κ1) is 22.0. The van der Waals surface area contributed by atoms with Crippen molar-refractivity contribution < 1.29 is 19.1 Å². The van der Waals surface area contributed by atoms with E-state index >= 15 is 0 Å². The van der Waals surface area contributed by atoms with Crippen molar-refractivity contribution in [1.29, 1.82) is 0 Å². The van der Waals surface area contributed by atoms with Crippen molar-refractivity contribution in [2.75, 3.05) is 19.1 Å². The second-order valence-electron chi connectivity index (χ2n) is 8.97. The minimum absolute atomic E-state index is 0.0567. The molecule has 0 aromatic heterocycles. The molecule has 0 N–H and O–H groups in total. The number of esters is 2. The average molecular weight is 454 g/mol. The Morgan fingerprint density at radius 2 is 1.44 bits per heavy atom. The number of rotatable bonds is 5. The van der Waals surface area contributed by atoms with Crippen molar-refractivity contribution in [2.24, 2.45) is 5.92 Å². The van der Waals surface area contributed by atoms with Crippen molar-refractivity contribution in [3.8, 4) is 11.1 Å². The Morgan fingerprint density at radius 3 is 2.03 bits per heavy atom. The first-order chi connectivity index (χ1) is 16.5. The molecule has 0 fully saturated rings. The normalized spacial score (nSPS) is 20.5. The summed E-state index contributed by atoms with van der Waals surface area (Å²) in [5.41, 5.74) is 4.94. The lowest BCUT2D eigenvalue weighted by atomic mass is 9.70. The maximum absolute atomic E-state index is 13.4. The molecule has 5 nitrogen and oxygen atoms in total. The minimum Gasteiger partial charge on any atom is -0.466 e. The fraction of sp³-hybridized carbons (Fsp3) is 0.241. The standard InChI is InChI=1S/C29H27NO4/c1-18(2)29-23-17-20(19-11-7-5-8-12-19)15-16-22(23)26(30(29)21-13-9-6-10-14-21)24(27(31)33-3)25(29)28(32)34-4/h5-18,26H,1-4H3. The zero-order valence-corrected chi connectivity index (χ0v) is 19.7. The molecule has 0 amide bonds. The van der Waals surface area contributed by atoms with E-state index in [1.807, 2.05) is 48.5 Å². The Balaban J connectivity index is 1.86. The van der Waals surface area contributed by atoms with Gasteiger partial charge in [0.15, 0.2) is 0 Å². The summed E-state index contributed by atoms with van der Waals surface area (Å²) in [7, 11) is 2.71. The maximum Gasteiger partial charge on any atom is 0.337 e. The molecule has 5 rings (SSSR count). The summed E-state index contributed by atoms with van der Waals surface area (Å²) in [5.74, 6) is -1.07. The largest absolute Gasteiger partial charge is 0.466 e. The zero-order chi connectivity index (χ0) is 24.0. The van der Waals surface area contributed by atoms with Gasteiger partial charge in [0.05, 0.1) is 31.4 Å². The average Bonchev–Trinajstić information content (AvgIpc) is 3.36. The van der Waals surface area contributed by atoms with Gasteiger partial charge in [-0.15, -0.1) is 0 Å². The summed E-state index contributed by atoms with van der Waals surface area (Å²) in [6, 6.07) is 26.0. The molecule has 3 aromatic rings. The Hall–Kier alpha value is -3.86. The highest BCUT2D eigenvalue weighted by molar-refractivity contribution is 6.08. The van der Waals surface area contributed by atoms with Gasteiger partial charge >= 0.3 is 11.9 Å². The van der Waals surface area contributed by atoms with Gasteiger partial charge in [0.25, 0.3) is 0 Å². The van der Waals surface area contributed by atoms with Crippen LogP contribution >= 0.6 is 0 Å². The number of ether oxygens (including phenoxy) is 2. The van der Waals surface area contributed by atoms with E-state index in [0.717, 1.165) is 27.9 Å². The molecule has 2 aliphatic heterocycles. The monoisotopic (exact) mass is 453 g/mol. The van der Waals surface area contributed by atoms with Gasteiger partial charge in [-0.2, -0.15) is 0 Å². The molecule has 0 spiro atoms. The number of anilines is 1. The van der Waals surface area contributed by atoms with Gasteiger partial charge in [-0.1, -0.05) is 74.5 Å². The summed E-state index contributed by atoms with van der Waals surface area (Å²) in [6.45, 7) is 4.17. The van der Waals surface area contributed by atoms with Gasteiger partial charge in [0.2, 0.25) is 0 Å². The molecule has 0 radical (unpaired) electrons. The Morgan fingerprint density at radius 1 is 0.824 bits per heavy atom. The van der Waals surface area contributed by atoms with E-state index in [2.05, 4.69) is 49.1 Å². The Labute approximate surface area is 199 Å². The predicted octanol–water partition coefficient (Wildman–Crippen LogP) is 5.42. The predicted molar refractivity (Wildman–Crippen MR) is 131 cm³/mol. The van der Waals surface area contributed by atoms with E-state index in [4.69, 9.17) is 9.47 Å². The van der Waals surface area contributed by atoms with Crippen LogP contribution in [0.4, 0.5) is 5.69 Å². The van der Waals surface area contributed by atoms with Crippen LogP contribution in [-0.2, 0) is 24.6 Å². The molecule has 34 heavy (non-hydrogen) atoms. The van der Waals surface area contributed by atoms with Crippen LogP contribution in [0.25, 0.3) is 11.1 Å². The number of para-hydroxylation sites is 1. The first-order valence-corrected chi connectivity index (χ1v) is 11.4. The molecule has 0 saturated heterocycles. The molecule has 2 unspecified atom stereocenters. The van der Waals surface area contributed by atoms with Gasteiger partial charge < -0.3 is 14.4 Å². The number of carbonyl (C=O) groups is 2. The second kappa shape index (κ2) is 8.17.